The minimum Gasteiger partial charge on any atom is -0.379 e. The molecule has 0 spiro atoms. The number of hydrogen-bond donors (Lipinski definition) is 1. The maximum Gasteiger partial charge on any atom is 0.284 e. The van der Waals surface area contributed by atoms with Crippen LogP contribution < -0.4 is 5.32 Å². The van der Waals surface area contributed by atoms with Gasteiger partial charge in [0.15, 0.2) is 0 Å². The van der Waals surface area contributed by atoms with Crippen molar-refractivity contribution in [2.24, 2.45) is 7.05 Å². The number of hydrogen-bond acceptors (Lipinski definition) is 9. The Morgan fingerprint density at radius 3 is 2.65 bits per heavy atom. The molecule has 0 bridgehead atoms. The van der Waals surface area contributed by atoms with Gasteiger partial charge in [0.05, 0.1) is 29.1 Å². The van der Waals surface area contributed by atoms with E-state index in [4.69, 9.17) is 4.74 Å². The standard InChI is InChI=1S/C21H22FN7O4S/c1-27-21(24-25-26-27)34-19-7-4-15(12-17(19)29(31)32)20(30)23-13-18(28-8-10-33-11-9-28)14-2-5-16(22)6-3-14/h2-7,12,18H,8-11,13H2,1H3,(H,23,30). The molecule has 0 aliphatic carbocycles. The van der Waals surface area contributed by atoms with Gasteiger partial charge in [-0.1, -0.05) is 12.1 Å². The molecule has 13 heteroatoms. The van der Waals surface area contributed by atoms with E-state index >= 15 is 0 Å². The minimum absolute atomic E-state index is 0.159. The number of nitro benzene ring substituents is 1. The summed E-state index contributed by atoms with van der Waals surface area (Å²) in [7, 11) is 1.63. The molecule has 1 aliphatic rings. The number of morpholine rings is 1. The van der Waals surface area contributed by atoms with Crippen molar-refractivity contribution >= 4 is 23.4 Å². The van der Waals surface area contributed by atoms with Crippen LogP contribution in [0.2, 0.25) is 0 Å². The van der Waals surface area contributed by atoms with Crippen molar-refractivity contribution in [1.29, 1.82) is 0 Å². The molecule has 34 heavy (non-hydrogen) atoms. The van der Waals surface area contributed by atoms with E-state index in [1.165, 1.54) is 35.0 Å². The zero-order valence-electron chi connectivity index (χ0n) is 18.3. The van der Waals surface area contributed by atoms with Crippen LogP contribution in [0.4, 0.5) is 10.1 Å². The van der Waals surface area contributed by atoms with Crippen LogP contribution in [-0.4, -0.2) is 68.8 Å². The number of carbonyl (C=O) groups is 1. The van der Waals surface area contributed by atoms with E-state index in [1.54, 1.807) is 19.2 Å². The van der Waals surface area contributed by atoms with Gasteiger partial charge in [0, 0.05) is 38.3 Å². The van der Waals surface area contributed by atoms with Crippen molar-refractivity contribution in [1.82, 2.24) is 30.4 Å². The topological polar surface area (TPSA) is 128 Å². The van der Waals surface area contributed by atoms with Crippen molar-refractivity contribution in [3.63, 3.8) is 0 Å². The average molecular weight is 488 g/mol. The van der Waals surface area contributed by atoms with E-state index < -0.39 is 10.8 Å². The smallest absolute Gasteiger partial charge is 0.284 e. The number of carbonyl (C=O) groups excluding carboxylic acids is 1. The summed E-state index contributed by atoms with van der Waals surface area (Å²) in [5.74, 6) is -0.781. The molecule has 2 heterocycles. The molecule has 1 amide bonds. The largest absolute Gasteiger partial charge is 0.379 e. The number of amides is 1. The Hall–Kier alpha value is -3.42. The Kier molecular flexibility index (Phi) is 7.45. The summed E-state index contributed by atoms with van der Waals surface area (Å²) in [6, 6.07) is 10.2. The molecule has 1 atom stereocenters. The third-order valence-corrected chi connectivity index (χ3v) is 6.49. The number of rotatable bonds is 8. The third kappa shape index (κ3) is 5.55. The molecule has 11 nitrogen and oxygen atoms in total. The van der Waals surface area contributed by atoms with Crippen molar-refractivity contribution in [3.8, 4) is 0 Å². The second-order valence-electron chi connectivity index (χ2n) is 7.55. The summed E-state index contributed by atoms with van der Waals surface area (Å²) in [5, 5.41) is 26.0. The van der Waals surface area contributed by atoms with Gasteiger partial charge in [0.25, 0.3) is 11.6 Å². The minimum atomic E-state index is -0.544. The zero-order chi connectivity index (χ0) is 24.1. The van der Waals surface area contributed by atoms with Gasteiger partial charge in [-0.25, -0.2) is 9.07 Å². The van der Waals surface area contributed by atoms with Crippen LogP contribution in [0.15, 0.2) is 52.5 Å². The molecular formula is C21H22FN7O4S. The molecule has 1 N–H and O–H groups in total. The van der Waals surface area contributed by atoms with E-state index in [1.807, 2.05) is 0 Å². The number of benzene rings is 2. The first kappa shape index (κ1) is 23.7. The predicted octanol–water partition coefficient (Wildman–Crippen LogP) is 2.21. The second kappa shape index (κ2) is 10.7. The molecule has 1 fully saturated rings. The molecule has 1 unspecified atom stereocenters. The molecule has 1 saturated heterocycles. The van der Waals surface area contributed by atoms with Crippen molar-refractivity contribution in [2.45, 2.75) is 16.1 Å². The van der Waals surface area contributed by atoms with Gasteiger partial charge in [-0.15, -0.1) is 5.10 Å². The van der Waals surface area contributed by atoms with Crippen LogP contribution in [0.3, 0.4) is 0 Å². The Bertz CT molecular complexity index is 1170. The molecule has 2 aromatic carbocycles. The lowest BCUT2D eigenvalue weighted by Gasteiger charge is -2.35. The highest BCUT2D eigenvalue weighted by Gasteiger charge is 2.25. The lowest BCUT2D eigenvalue weighted by Crippen LogP contribution is -2.43. The molecule has 0 saturated carbocycles. The Morgan fingerprint density at radius 1 is 1.26 bits per heavy atom. The summed E-state index contributed by atoms with van der Waals surface area (Å²) in [6.45, 7) is 2.73. The normalized spacial score (nSPS) is 15.1. The van der Waals surface area contributed by atoms with Crippen molar-refractivity contribution in [2.75, 3.05) is 32.8 Å². The fourth-order valence-electron chi connectivity index (χ4n) is 3.62. The highest BCUT2D eigenvalue weighted by atomic mass is 32.2. The fraction of sp³-hybridized carbons (Fsp3) is 0.333. The predicted molar refractivity (Wildman–Crippen MR) is 120 cm³/mol. The van der Waals surface area contributed by atoms with Gasteiger partial charge in [-0.05, 0) is 52.0 Å². The first-order valence-corrected chi connectivity index (χ1v) is 11.3. The number of aromatic nitrogens is 4. The number of nitrogens with zero attached hydrogens (tertiary/aromatic N) is 6. The van der Waals surface area contributed by atoms with E-state index in [0.29, 0.717) is 36.4 Å². The third-order valence-electron chi connectivity index (χ3n) is 5.40. The van der Waals surface area contributed by atoms with Crippen LogP contribution in [0, 0.1) is 15.9 Å². The van der Waals surface area contributed by atoms with Gasteiger partial charge >= 0.3 is 0 Å². The zero-order valence-corrected chi connectivity index (χ0v) is 19.1. The van der Waals surface area contributed by atoms with Gasteiger partial charge in [0.1, 0.15) is 5.82 Å². The molecule has 4 rings (SSSR count). The Balaban J connectivity index is 1.51. The van der Waals surface area contributed by atoms with Crippen LogP contribution in [0.5, 0.6) is 0 Å². The van der Waals surface area contributed by atoms with Crippen LogP contribution >= 0.6 is 11.8 Å². The molecule has 1 aliphatic heterocycles. The Morgan fingerprint density at radius 2 is 2.00 bits per heavy atom. The first-order valence-electron chi connectivity index (χ1n) is 10.5. The molecule has 3 aromatic rings. The summed E-state index contributed by atoms with van der Waals surface area (Å²) in [4.78, 5) is 26.5. The molecule has 1 aromatic heterocycles. The van der Waals surface area contributed by atoms with Crippen molar-refractivity contribution < 1.29 is 18.8 Å². The van der Waals surface area contributed by atoms with Crippen molar-refractivity contribution in [3.05, 3.63) is 69.5 Å². The summed E-state index contributed by atoms with van der Waals surface area (Å²) in [6.07, 6.45) is 0. The van der Waals surface area contributed by atoms with Gasteiger partial charge in [-0.2, -0.15) is 0 Å². The summed E-state index contributed by atoms with van der Waals surface area (Å²) < 4.78 is 20.3. The number of tetrazole rings is 1. The first-order chi connectivity index (χ1) is 16.4. The highest BCUT2D eigenvalue weighted by Crippen LogP contribution is 2.34. The molecular weight excluding hydrogens is 465 g/mol. The number of halogens is 1. The van der Waals surface area contributed by atoms with E-state index in [2.05, 4.69) is 25.7 Å². The highest BCUT2D eigenvalue weighted by molar-refractivity contribution is 7.99. The van der Waals surface area contributed by atoms with Crippen LogP contribution in [0.1, 0.15) is 22.0 Å². The van der Waals surface area contributed by atoms with E-state index in [9.17, 15) is 19.3 Å². The fourth-order valence-corrected chi connectivity index (χ4v) is 4.43. The SMILES string of the molecule is Cn1nnnc1Sc1ccc(C(=O)NCC(c2ccc(F)cc2)N2CCOCC2)cc1[N+](=O)[O-]. The van der Waals surface area contributed by atoms with E-state index in [0.717, 1.165) is 17.3 Å². The molecule has 178 valence electrons. The number of aryl methyl sites for hydroxylation is 1. The van der Waals surface area contributed by atoms with E-state index in [-0.39, 0.29) is 29.7 Å². The molecule has 0 radical (unpaired) electrons. The Labute approximate surface area is 198 Å². The van der Waals surface area contributed by atoms with Crippen LogP contribution in [0.25, 0.3) is 0 Å². The number of ether oxygens (including phenoxy) is 1. The second-order valence-corrected chi connectivity index (χ2v) is 8.56. The van der Waals surface area contributed by atoms with Gasteiger partial charge in [-0.3, -0.25) is 19.8 Å². The lowest BCUT2D eigenvalue weighted by atomic mass is 10.0. The number of nitrogens with one attached hydrogen (secondary N) is 1. The van der Waals surface area contributed by atoms with Gasteiger partial charge < -0.3 is 10.1 Å². The lowest BCUT2D eigenvalue weighted by molar-refractivity contribution is -0.387. The maximum absolute atomic E-state index is 13.4. The quantitative estimate of drug-likeness (QED) is 0.376. The van der Waals surface area contributed by atoms with Crippen LogP contribution in [-0.2, 0) is 11.8 Å². The maximum atomic E-state index is 13.4. The summed E-state index contributed by atoms with van der Waals surface area (Å²) in [5.41, 5.74) is 0.800. The van der Waals surface area contributed by atoms with Gasteiger partial charge in [0.2, 0.25) is 5.16 Å². The summed E-state index contributed by atoms with van der Waals surface area (Å²) >= 11 is 1.04. The monoisotopic (exact) mass is 487 g/mol. The average Bonchev–Trinajstić information content (AvgIpc) is 3.25. The number of nitro groups is 1.